The molecule has 1 saturated heterocycles. The van der Waals surface area contributed by atoms with E-state index in [0.717, 1.165) is 12.8 Å². The summed E-state index contributed by atoms with van der Waals surface area (Å²) in [4.78, 5) is 32.2. The third-order valence-electron chi connectivity index (χ3n) is 4.66. The van der Waals surface area contributed by atoms with Crippen molar-refractivity contribution < 1.29 is 9.59 Å². The van der Waals surface area contributed by atoms with Crippen LogP contribution in [-0.2, 0) is 9.59 Å². The minimum absolute atomic E-state index is 0.0299. The first kappa shape index (κ1) is 17.4. The largest absolute Gasteiger partial charge is 0.332 e. The first-order chi connectivity index (χ1) is 10.9. The van der Waals surface area contributed by atoms with Gasteiger partial charge in [0.1, 0.15) is 0 Å². The van der Waals surface area contributed by atoms with Crippen LogP contribution < -0.4 is 0 Å². The highest BCUT2D eigenvalue weighted by Crippen LogP contribution is 2.23. The van der Waals surface area contributed by atoms with Crippen molar-refractivity contribution in [3.8, 4) is 0 Å². The quantitative estimate of drug-likeness (QED) is 0.747. The van der Waals surface area contributed by atoms with Crippen molar-refractivity contribution in [1.29, 1.82) is 0 Å². The smallest absolute Gasteiger partial charge is 0.251 e. The minimum atomic E-state index is -0.0681. The Labute approximate surface area is 138 Å². The van der Waals surface area contributed by atoms with Crippen LogP contribution in [0.3, 0.4) is 0 Å². The van der Waals surface area contributed by atoms with Gasteiger partial charge in [0.05, 0.1) is 25.0 Å². The molecule has 126 valence electrons. The normalized spacial score (nSPS) is 27.9. The molecule has 2 aliphatic rings. The summed E-state index contributed by atoms with van der Waals surface area (Å²) in [6.45, 7) is 11.3. The molecule has 0 spiro atoms. The molecule has 0 radical (unpaired) electrons. The Bertz CT molecular complexity index is 524. The van der Waals surface area contributed by atoms with Gasteiger partial charge in [0.2, 0.25) is 5.91 Å². The van der Waals surface area contributed by atoms with E-state index in [4.69, 9.17) is 0 Å². The molecule has 23 heavy (non-hydrogen) atoms. The van der Waals surface area contributed by atoms with Crippen LogP contribution in [0.15, 0.2) is 29.8 Å². The lowest BCUT2D eigenvalue weighted by Crippen LogP contribution is -2.45. The summed E-state index contributed by atoms with van der Waals surface area (Å²) in [7, 11) is 0. The Morgan fingerprint density at radius 2 is 2.04 bits per heavy atom. The summed E-state index contributed by atoms with van der Waals surface area (Å²) in [5.41, 5.74) is 0. The molecule has 2 aliphatic heterocycles. The van der Waals surface area contributed by atoms with Crippen LogP contribution in [0.5, 0.6) is 0 Å². The van der Waals surface area contributed by atoms with E-state index in [9.17, 15) is 9.59 Å². The maximum Gasteiger partial charge on any atom is 0.251 e. The zero-order chi connectivity index (χ0) is 17.0. The molecule has 5 heteroatoms. The third kappa shape index (κ3) is 4.09. The van der Waals surface area contributed by atoms with Gasteiger partial charge in [-0.1, -0.05) is 33.4 Å². The first-order valence-electron chi connectivity index (χ1n) is 8.37. The van der Waals surface area contributed by atoms with Gasteiger partial charge in [-0.05, 0) is 30.8 Å². The second-order valence-electron chi connectivity index (χ2n) is 6.84. The molecular weight excluding hydrogens is 290 g/mol. The number of hydrogen-bond donors (Lipinski definition) is 0. The van der Waals surface area contributed by atoms with Crippen molar-refractivity contribution >= 4 is 18.2 Å². The number of amides is 2. The zero-order valence-electron chi connectivity index (χ0n) is 14.3. The first-order valence-corrected chi connectivity index (χ1v) is 8.37. The van der Waals surface area contributed by atoms with Crippen molar-refractivity contribution in [1.82, 2.24) is 9.80 Å². The van der Waals surface area contributed by atoms with Gasteiger partial charge in [0.25, 0.3) is 5.91 Å². The average molecular weight is 317 g/mol. The summed E-state index contributed by atoms with van der Waals surface area (Å²) < 4.78 is 0. The van der Waals surface area contributed by atoms with Crippen LogP contribution in [0, 0.1) is 11.8 Å². The van der Waals surface area contributed by atoms with E-state index in [1.165, 1.54) is 6.08 Å². The molecule has 0 aromatic carbocycles. The molecule has 2 rings (SSSR count). The Hall–Kier alpha value is -1.91. The monoisotopic (exact) mass is 317 g/mol. The van der Waals surface area contributed by atoms with E-state index in [1.807, 2.05) is 11.0 Å². The number of piperidine rings is 1. The standard InChI is InChI=1S/C18H27N3O2/c1-5-17(22)20-11-14(4)6-7-15(20)8-9-18(23)21-12-19-10-16(21)13(2)3/h5,8-9,12-16H,1,6-7,10-11H2,2-4H3/b9-8-. The fourth-order valence-corrected chi connectivity index (χ4v) is 3.19. The highest BCUT2D eigenvalue weighted by molar-refractivity contribution is 5.97. The lowest BCUT2D eigenvalue weighted by atomic mass is 9.93. The second kappa shape index (κ2) is 7.57. The van der Waals surface area contributed by atoms with Gasteiger partial charge in [-0.2, -0.15) is 0 Å². The number of likely N-dealkylation sites (tertiary alicyclic amines) is 1. The number of nitrogens with zero attached hydrogens (tertiary/aromatic N) is 3. The molecule has 3 atom stereocenters. The molecule has 0 aliphatic carbocycles. The molecule has 0 aromatic rings. The summed E-state index contributed by atoms with van der Waals surface area (Å²) in [5.74, 6) is 0.718. The maximum absolute atomic E-state index is 12.4. The van der Waals surface area contributed by atoms with Gasteiger partial charge in [0, 0.05) is 12.6 Å². The topological polar surface area (TPSA) is 53.0 Å². The van der Waals surface area contributed by atoms with Crippen LogP contribution >= 0.6 is 0 Å². The van der Waals surface area contributed by atoms with E-state index >= 15 is 0 Å². The van der Waals surface area contributed by atoms with Gasteiger partial charge >= 0.3 is 0 Å². The van der Waals surface area contributed by atoms with Crippen LogP contribution in [0.25, 0.3) is 0 Å². The van der Waals surface area contributed by atoms with E-state index in [2.05, 4.69) is 32.3 Å². The number of rotatable bonds is 4. The third-order valence-corrected chi connectivity index (χ3v) is 4.66. The molecule has 2 heterocycles. The molecular formula is C18H27N3O2. The van der Waals surface area contributed by atoms with E-state index in [-0.39, 0.29) is 23.9 Å². The van der Waals surface area contributed by atoms with Crippen molar-refractivity contribution in [2.45, 2.75) is 45.7 Å². The number of carbonyl (C=O) groups excluding carboxylic acids is 2. The number of aliphatic imine (C=N–C) groups is 1. The van der Waals surface area contributed by atoms with E-state index in [1.54, 1.807) is 17.3 Å². The van der Waals surface area contributed by atoms with E-state index in [0.29, 0.717) is 24.9 Å². The number of hydrogen-bond acceptors (Lipinski definition) is 3. The van der Waals surface area contributed by atoms with Gasteiger partial charge in [-0.3, -0.25) is 19.5 Å². The Kier molecular flexibility index (Phi) is 5.74. The Morgan fingerprint density at radius 1 is 1.30 bits per heavy atom. The van der Waals surface area contributed by atoms with Crippen LogP contribution in [0.4, 0.5) is 0 Å². The molecule has 5 nitrogen and oxygen atoms in total. The SMILES string of the molecule is C=CC(=O)N1CC(C)CCC1/C=C\C(=O)N1C=NCC1C(C)C. The Morgan fingerprint density at radius 3 is 2.70 bits per heavy atom. The fraction of sp³-hybridized carbons (Fsp3) is 0.611. The molecule has 0 aromatic heterocycles. The van der Waals surface area contributed by atoms with Crippen molar-refractivity contribution in [3.63, 3.8) is 0 Å². The van der Waals surface area contributed by atoms with Crippen molar-refractivity contribution in [2.24, 2.45) is 16.8 Å². The molecule has 0 saturated carbocycles. The lowest BCUT2D eigenvalue weighted by Gasteiger charge is -2.36. The predicted molar refractivity (Wildman–Crippen MR) is 92.1 cm³/mol. The van der Waals surface area contributed by atoms with E-state index < -0.39 is 0 Å². The highest BCUT2D eigenvalue weighted by Gasteiger charge is 2.29. The van der Waals surface area contributed by atoms with Crippen LogP contribution in [0.2, 0.25) is 0 Å². The zero-order valence-corrected chi connectivity index (χ0v) is 14.3. The van der Waals surface area contributed by atoms with Gasteiger partial charge in [0.15, 0.2) is 0 Å². The number of carbonyl (C=O) groups is 2. The fourth-order valence-electron chi connectivity index (χ4n) is 3.19. The molecule has 0 bridgehead atoms. The Balaban J connectivity index is 2.05. The van der Waals surface area contributed by atoms with Gasteiger partial charge in [-0.25, -0.2) is 0 Å². The average Bonchev–Trinajstić information content (AvgIpc) is 3.02. The van der Waals surface area contributed by atoms with Crippen LogP contribution in [-0.4, -0.2) is 53.1 Å². The van der Waals surface area contributed by atoms with Crippen molar-refractivity contribution in [2.75, 3.05) is 13.1 Å². The summed E-state index contributed by atoms with van der Waals surface area (Å²) in [5, 5.41) is 0. The molecule has 2 amide bonds. The molecule has 0 N–H and O–H groups in total. The summed E-state index contributed by atoms with van der Waals surface area (Å²) >= 11 is 0. The minimum Gasteiger partial charge on any atom is -0.332 e. The molecule has 3 unspecified atom stereocenters. The lowest BCUT2D eigenvalue weighted by molar-refractivity contribution is -0.129. The maximum atomic E-state index is 12.4. The van der Waals surface area contributed by atoms with Crippen molar-refractivity contribution in [3.05, 3.63) is 24.8 Å². The van der Waals surface area contributed by atoms with Gasteiger partial charge < -0.3 is 4.90 Å². The molecule has 1 fully saturated rings. The van der Waals surface area contributed by atoms with Crippen LogP contribution in [0.1, 0.15) is 33.6 Å². The highest BCUT2D eigenvalue weighted by atomic mass is 16.2. The van der Waals surface area contributed by atoms with Gasteiger partial charge in [-0.15, -0.1) is 0 Å². The summed E-state index contributed by atoms with van der Waals surface area (Å²) in [6.07, 6.45) is 8.38. The second-order valence-corrected chi connectivity index (χ2v) is 6.84. The summed E-state index contributed by atoms with van der Waals surface area (Å²) in [6, 6.07) is 0.0992. The predicted octanol–water partition coefficient (Wildman–Crippen LogP) is 2.25.